The molecule has 41 heavy (non-hydrogen) atoms. The Kier molecular flexibility index (Phi) is 9.31. The number of ether oxygens (including phenoxy) is 1. The number of para-hydroxylation sites is 1. The van der Waals surface area contributed by atoms with Gasteiger partial charge in [0.2, 0.25) is 11.1 Å². The van der Waals surface area contributed by atoms with Crippen LogP contribution in [0.5, 0.6) is 5.75 Å². The molecule has 1 aromatic heterocycles. The predicted molar refractivity (Wildman–Crippen MR) is 167 cm³/mol. The average Bonchev–Trinajstić information content (AvgIpc) is 3.38. The molecule has 2 N–H and O–H groups in total. The van der Waals surface area contributed by atoms with Crippen LogP contribution in [-0.4, -0.2) is 27.3 Å². The normalized spacial score (nSPS) is 14.4. The van der Waals surface area contributed by atoms with Crippen LogP contribution in [0, 0.1) is 6.92 Å². The molecule has 1 atom stereocenters. The lowest BCUT2D eigenvalue weighted by Crippen LogP contribution is -2.31. The van der Waals surface area contributed by atoms with Crippen molar-refractivity contribution in [3.05, 3.63) is 106 Å². The first-order chi connectivity index (χ1) is 19.9. The van der Waals surface area contributed by atoms with Gasteiger partial charge in [0.05, 0.1) is 12.2 Å². The molecule has 0 saturated carbocycles. The number of nitrogens with zero attached hydrogens (tertiary/aromatic N) is 3. The lowest BCUT2D eigenvalue weighted by molar-refractivity contribution is -0.113. The summed E-state index contributed by atoms with van der Waals surface area (Å²) in [4.78, 5) is 18.6. The number of anilines is 2. The number of aryl methyl sites for hydroxylation is 1. The molecular weight excluding hydrogens is 554 g/mol. The van der Waals surface area contributed by atoms with E-state index in [1.807, 2.05) is 86.6 Å². The number of amides is 1. The van der Waals surface area contributed by atoms with E-state index in [1.165, 1.54) is 11.8 Å². The van der Waals surface area contributed by atoms with Crippen LogP contribution in [-0.2, 0) is 10.5 Å². The predicted octanol–water partition coefficient (Wildman–Crippen LogP) is 8.03. The van der Waals surface area contributed by atoms with Crippen LogP contribution in [0.25, 0.3) is 0 Å². The monoisotopic (exact) mass is 587 g/mol. The van der Waals surface area contributed by atoms with Gasteiger partial charge in [0, 0.05) is 22.2 Å². The fraction of sp³-hybridized carbons (Fsp3) is 0.281. The van der Waals surface area contributed by atoms with Crippen molar-refractivity contribution in [2.45, 2.75) is 57.0 Å². The Morgan fingerprint density at radius 2 is 1.80 bits per heavy atom. The van der Waals surface area contributed by atoms with Gasteiger partial charge in [0.25, 0.3) is 5.91 Å². The maximum atomic E-state index is 13.8. The number of allylic oxidation sites excluding steroid dienone is 1. The zero-order valence-electron chi connectivity index (χ0n) is 23.5. The number of halogens is 1. The molecule has 0 spiro atoms. The van der Waals surface area contributed by atoms with E-state index in [9.17, 15) is 4.79 Å². The quantitative estimate of drug-likeness (QED) is 0.137. The van der Waals surface area contributed by atoms with Crippen molar-refractivity contribution in [1.29, 1.82) is 0 Å². The van der Waals surface area contributed by atoms with E-state index >= 15 is 0 Å². The van der Waals surface area contributed by atoms with E-state index < -0.39 is 6.04 Å². The summed E-state index contributed by atoms with van der Waals surface area (Å²) in [5, 5.41) is 12.6. The molecule has 1 aliphatic rings. The fourth-order valence-corrected chi connectivity index (χ4v) is 5.86. The number of thioether (sulfide) groups is 1. The molecule has 1 aliphatic heterocycles. The van der Waals surface area contributed by atoms with Crippen molar-refractivity contribution < 1.29 is 9.53 Å². The van der Waals surface area contributed by atoms with Gasteiger partial charge in [-0.1, -0.05) is 91.7 Å². The van der Waals surface area contributed by atoms with E-state index in [-0.39, 0.29) is 5.91 Å². The van der Waals surface area contributed by atoms with Crippen LogP contribution in [0.3, 0.4) is 0 Å². The number of unbranched alkanes of at least 4 members (excludes halogenated alkanes) is 2. The van der Waals surface area contributed by atoms with Gasteiger partial charge in [0.1, 0.15) is 11.8 Å². The van der Waals surface area contributed by atoms with E-state index in [0.717, 1.165) is 53.1 Å². The molecule has 4 aromatic rings. The van der Waals surface area contributed by atoms with Crippen molar-refractivity contribution >= 4 is 40.9 Å². The van der Waals surface area contributed by atoms with Crippen molar-refractivity contribution in [2.24, 2.45) is 0 Å². The number of rotatable bonds is 11. The molecule has 212 valence electrons. The standard InChI is InChI=1S/C32H34ClN5O2S/c1-4-5-10-19-40-25-17-15-23(16-18-25)29-28(30(39)35-27-14-9-6-11-21(27)2)22(3)34-31-36-32(37-38(29)31)41-20-24-12-7-8-13-26(24)33/h6-9,11-18,29H,4-5,10,19-20H2,1-3H3,(H,35,39)(H,34,36,37). The van der Waals surface area contributed by atoms with Crippen LogP contribution in [0.1, 0.15) is 55.8 Å². The highest BCUT2D eigenvalue weighted by molar-refractivity contribution is 7.98. The third-order valence-corrected chi connectivity index (χ3v) is 8.25. The van der Waals surface area contributed by atoms with Gasteiger partial charge in [-0.2, -0.15) is 4.98 Å². The number of fused-ring (bicyclic) bond motifs is 1. The second kappa shape index (κ2) is 13.3. The molecule has 3 aromatic carbocycles. The molecule has 1 unspecified atom stereocenters. The summed E-state index contributed by atoms with van der Waals surface area (Å²) < 4.78 is 7.74. The molecule has 0 aliphatic carbocycles. The number of aromatic nitrogens is 3. The lowest BCUT2D eigenvalue weighted by atomic mass is 9.95. The minimum Gasteiger partial charge on any atom is -0.494 e. The average molecular weight is 588 g/mol. The van der Waals surface area contributed by atoms with Gasteiger partial charge in [-0.05, 0) is 61.2 Å². The van der Waals surface area contributed by atoms with Gasteiger partial charge in [-0.25, -0.2) is 4.68 Å². The first-order valence-corrected chi connectivity index (χ1v) is 15.2. The van der Waals surface area contributed by atoms with Crippen molar-refractivity contribution in [2.75, 3.05) is 17.2 Å². The highest BCUT2D eigenvalue weighted by Crippen LogP contribution is 2.38. The Bertz CT molecular complexity index is 1550. The van der Waals surface area contributed by atoms with Crippen molar-refractivity contribution in [3.63, 3.8) is 0 Å². The molecule has 7 nitrogen and oxygen atoms in total. The molecule has 9 heteroatoms. The van der Waals surface area contributed by atoms with Crippen LogP contribution in [0.4, 0.5) is 11.6 Å². The maximum absolute atomic E-state index is 13.8. The van der Waals surface area contributed by atoms with Crippen LogP contribution in [0.15, 0.2) is 89.2 Å². The molecule has 2 heterocycles. The van der Waals surface area contributed by atoms with E-state index in [4.69, 9.17) is 26.4 Å². The van der Waals surface area contributed by atoms with Gasteiger partial charge < -0.3 is 15.4 Å². The van der Waals surface area contributed by atoms with E-state index in [1.54, 1.807) is 4.68 Å². The smallest absolute Gasteiger partial charge is 0.255 e. The summed E-state index contributed by atoms with van der Waals surface area (Å²) in [6, 6.07) is 22.9. The van der Waals surface area contributed by atoms with Gasteiger partial charge in [0.15, 0.2) is 0 Å². The highest BCUT2D eigenvalue weighted by atomic mass is 35.5. The molecular formula is C32H34ClN5O2S. The summed E-state index contributed by atoms with van der Waals surface area (Å²) >= 11 is 7.88. The minimum atomic E-state index is -0.480. The zero-order chi connectivity index (χ0) is 28.8. The Morgan fingerprint density at radius 3 is 2.56 bits per heavy atom. The van der Waals surface area contributed by atoms with E-state index in [0.29, 0.717) is 34.1 Å². The SMILES string of the molecule is CCCCCOc1ccc(C2C(C(=O)Nc3ccccc3C)=C(C)Nc3nc(SCc4ccccc4Cl)nn32)cc1. The number of benzene rings is 3. The topological polar surface area (TPSA) is 81.1 Å². The molecule has 0 saturated heterocycles. The number of carbonyl (C=O) groups is 1. The summed E-state index contributed by atoms with van der Waals surface area (Å²) in [5.74, 6) is 1.83. The Balaban J connectivity index is 1.45. The van der Waals surface area contributed by atoms with E-state index in [2.05, 4.69) is 17.6 Å². The zero-order valence-corrected chi connectivity index (χ0v) is 25.1. The highest BCUT2D eigenvalue weighted by Gasteiger charge is 2.34. The number of carbonyl (C=O) groups excluding carboxylic acids is 1. The Hall–Kier alpha value is -3.75. The number of hydrogen-bond donors (Lipinski definition) is 2. The summed E-state index contributed by atoms with van der Waals surface area (Å²) in [7, 11) is 0. The van der Waals surface area contributed by atoms with Crippen molar-refractivity contribution in [1.82, 2.24) is 14.8 Å². The molecule has 1 amide bonds. The third kappa shape index (κ3) is 6.77. The second-order valence-corrected chi connectivity index (χ2v) is 11.4. The van der Waals surface area contributed by atoms with Gasteiger partial charge in [-0.3, -0.25) is 4.79 Å². The number of hydrogen-bond acceptors (Lipinski definition) is 6. The second-order valence-electron chi connectivity index (χ2n) is 10.0. The van der Waals surface area contributed by atoms with Crippen LogP contribution in [0.2, 0.25) is 5.02 Å². The summed E-state index contributed by atoms with van der Waals surface area (Å²) in [6.07, 6.45) is 3.31. The van der Waals surface area contributed by atoms with Crippen LogP contribution >= 0.6 is 23.4 Å². The van der Waals surface area contributed by atoms with Gasteiger partial charge >= 0.3 is 0 Å². The maximum Gasteiger partial charge on any atom is 0.255 e. The molecule has 0 bridgehead atoms. The molecule has 0 fully saturated rings. The van der Waals surface area contributed by atoms with Crippen LogP contribution < -0.4 is 15.4 Å². The third-order valence-electron chi connectivity index (χ3n) is 7.00. The summed E-state index contributed by atoms with van der Waals surface area (Å²) in [6.45, 7) is 6.74. The van der Waals surface area contributed by atoms with Gasteiger partial charge in [-0.15, -0.1) is 5.10 Å². The first-order valence-electron chi connectivity index (χ1n) is 13.8. The lowest BCUT2D eigenvalue weighted by Gasteiger charge is -2.29. The minimum absolute atomic E-state index is 0.194. The molecule has 5 rings (SSSR count). The largest absolute Gasteiger partial charge is 0.494 e. The Morgan fingerprint density at radius 1 is 1.05 bits per heavy atom. The first kappa shape index (κ1) is 28.8. The van der Waals surface area contributed by atoms with Crippen molar-refractivity contribution in [3.8, 4) is 5.75 Å². The Labute approximate surface area is 250 Å². The summed E-state index contributed by atoms with van der Waals surface area (Å²) in [5.41, 5.74) is 4.99. The molecule has 0 radical (unpaired) electrons. The fourth-order valence-electron chi connectivity index (χ4n) is 4.74. The number of nitrogens with one attached hydrogen (secondary N) is 2.